The van der Waals surface area contributed by atoms with Gasteiger partial charge in [0.1, 0.15) is 17.2 Å². The number of aliphatic hydroxyl groups excluding tert-OH is 1. The number of nitrogens with one attached hydrogen (secondary N) is 2. The second-order valence-electron chi connectivity index (χ2n) is 8.28. The highest BCUT2D eigenvalue weighted by atomic mass is 16.6. The van der Waals surface area contributed by atoms with Gasteiger partial charge in [-0.2, -0.15) is 0 Å². The van der Waals surface area contributed by atoms with Gasteiger partial charge in [0.15, 0.2) is 0 Å². The number of hydrogen-bond acceptors (Lipinski definition) is 6. The van der Waals surface area contributed by atoms with Crippen LogP contribution in [0.2, 0.25) is 0 Å². The molecule has 148 valence electrons. The Morgan fingerprint density at radius 3 is 2.38 bits per heavy atom. The molecular formula is C18H30N2O6. The molecule has 0 saturated heterocycles. The maximum atomic E-state index is 12.6. The normalized spacial score (nSPS) is 33.7. The van der Waals surface area contributed by atoms with E-state index in [2.05, 4.69) is 10.6 Å². The first-order valence-corrected chi connectivity index (χ1v) is 9.09. The second kappa shape index (κ2) is 7.06. The van der Waals surface area contributed by atoms with Crippen LogP contribution in [0.25, 0.3) is 0 Å². The van der Waals surface area contributed by atoms with Gasteiger partial charge in [-0.05, 0) is 46.5 Å². The topological polar surface area (TPSA) is 114 Å². The fourth-order valence-corrected chi connectivity index (χ4v) is 4.01. The summed E-state index contributed by atoms with van der Waals surface area (Å²) in [6, 6.07) is -0.901. The molecule has 2 rings (SSSR count). The molecule has 0 unspecified atom stereocenters. The Labute approximate surface area is 154 Å². The summed E-state index contributed by atoms with van der Waals surface area (Å²) in [6.07, 6.45) is -1.25. The first kappa shape index (κ1) is 20.5. The highest BCUT2D eigenvalue weighted by Crippen LogP contribution is 2.62. The molecular weight excluding hydrogens is 340 g/mol. The molecule has 0 bridgehead atoms. The maximum absolute atomic E-state index is 12.6. The fourth-order valence-electron chi connectivity index (χ4n) is 4.01. The van der Waals surface area contributed by atoms with Gasteiger partial charge in [0.25, 0.3) is 0 Å². The molecule has 26 heavy (non-hydrogen) atoms. The SMILES string of the molecule is CCOC(=O)[C@]1(NC(=O)[C@H](C)NC(=O)OC(C)(C)C)C[C@H](O)[C@H]2[C@H](C)[C@H]21. The van der Waals surface area contributed by atoms with Crippen molar-refractivity contribution in [1.82, 2.24) is 10.6 Å². The Bertz CT molecular complexity index is 587. The number of rotatable bonds is 5. The number of ether oxygens (including phenoxy) is 2. The van der Waals surface area contributed by atoms with Crippen molar-refractivity contribution >= 4 is 18.0 Å². The number of alkyl carbamates (subject to hydrolysis) is 1. The molecule has 8 nitrogen and oxygen atoms in total. The highest BCUT2D eigenvalue weighted by Gasteiger charge is 2.71. The van der Waals surface area contributed by atoms with E-state index in [1.54, 1.807) is 27.7 Å². The minimum absolute atomic E-state index is 0.0196. The molecule has 0 radical (unpaired) electrons. The Hall–Kier alpha value is -1.83. The van der Waals surface area contributed by atoms with Gasteiger partial charge in [-0.15, -0.1) is 0 Å². The largest absolute Gasteiger partial charge is 0.464 e. The minimum Gasteiger partial charge on any atom is -0.464 e. The van der Waals surface area contributed by atoms with Gasteiger partial charge < -0.3 is 25.2 Å². The molecule has 3 N–H and O–H groups in total. The molecule has 2 aliphatic carbocycles. The Morgan fingerprint density at radius 2 is 1.92 bits per heavy atom. The Kier molecular flexibility index (Phi) is 5.56. The van der Waals surface area contributed by atoms with Crippen LogP contribution in [0.5, 0.6) is 0 Å². The van der Waals surface area contributed by atoms with E-state index in [1.165, 1.54) is 6.92 Å². The summed E-state index contributed by atoms with van der Waals surface area (Å²) in [7, 11) is 0. The average Bonchev–Trinajstić information content (AvgIpc) is 3.05. The third-order valence-electron chi connectivity index (χ3n) is 5.10. The molecule has 2 aliphatic rings. The van der Waals surface area contributed by atoms with Gasteiger partial charge in [0, 0.05) is 12.3 Å². The van der Waals surface area contributed by atoms with Crippen LogP contribution in [-0.2, 0) is 19.1 Å². The van der Waals surface area contributed by atoms with Crippen LogP contribution in [0.15, 0.2) is 0 Å². The molecule has 0 spiro atoms. The van der Waals surface area contributed by atoms with Crippen LogP contribution in [0.1, 0.15) is 48.0 Å². The molecule has 0 aromatic carbocycles. The lowest BCUT2D eigenvalue weighted by Crippen LogP contribution is -2.60. The molecule has 2 fully saturated rings. The van der Waals surface area contributed by atoms with Crippen molar-refractivity contribution < 1.29 is 29.0 Å². The van der Waals surface area contributed by atoms with Crippen molar-refractivity contribution in [1.29, 1.82) is 0 Å². The number of carbonyl (C=O) groups is 3. The first-order valence-electron chi connectivity index (χ1n) is 9.09. The van der Waals surface area contributed by atoms with E-state index < -0.39 is 41.3 Å². The lowest BCUT2D eigenvalue weighted by atomic mass is 9.89. The molecule has 0 heterocycles. The number of hydrogen-bond donors (Lipinski definition) is 3. The minimum atomic E-state index is -1.25. The standard InChI is InChI=1S/C18H30N2O6/c1-7-25-15(23)18(8-11(21)12-9(2)13(12)18)20-14(22)10(3)19-16(24)26-17(4,5)6/h9-13,21H,7-8H2,1-6H3,(H,19,24)(H,20,22)/t9-,10-,11-,12+,13+,18-/m0/s1. The van der Waals surface area contributed by atoms with Crippen molar-refractivity contribution in [2.24, 2.45) is 17.8 Å². The van der Waals surface area contributed by atoms with E-state index >= 15 is 0 Å². The van der Waals surface area contributed by atoms with Crippen molar-refractivity contribution in [2.75, 3.05) is 6.61 Å². The van der Waals surface area contributed by atoms with Gasteiger partial charge >= 0.3 is 12.1 Å². The zero-order valence-corrected chi connectivity index (χ0v) is 16.3. The highest BCUT2D eigenvalue weighted by molar-refractivity contribution is 5.92. The van der Waals surface area contributed by atoms with Crippen molar-refractivity contribution in [3.8, 4) is 0 Å². The van der Waals surface area contributed by atoms with Crippen LogP contribution in [0.3, 0.4) is 0 Å². The first-order chi connectivity index (χ1) is 11.9. The van der Waals surface area contributed by atoms with E-state index in [0.29, 0.717) is 0 Å². The molecule has 2 saturated carbocycles. The van der Waals surface area contributed by atoms with Gasteiger partial charge in [-0.1, -0.05) is 6.92 Å². The summed E-state index contributed by atoms with van der Waals surface area (Å²) in [5, 5.41) is 15.5. The lowest BCUT2D eigenvalue weighted by Gasteiger charge is -2.32. The fraction of sp³-hybridized carbons (Fsp3) is 0.833. The zero-order valence-electron chi connectivity index (χ0n) is 16.3. The van der Waals surface area contributed by atoms with Gasteiger partial charge in [0.2, 0.25) is 5.91 Å². The smallest absolute Gasteiger partial charge is 0.408 e. The lowest BCUT2D eigenvalue weighted by molar-refractivity contribution is -0.155. The van der Waals surface area contributed by atoms with Crippen LogP contribution in [0.4, 0.5) is 4.79 Å². The summed E-state index contributed by atoms with van der Waals surface area (Å²) < 4.78 is 10.3. The second-order valence-corrected chi connectivity index (χ2v) is 8.28. The molecule has 8 heteroatoms. The molecule has 0 aliphatic heterocycles. The number of fused-ring (bicyclic) bond motifs is 1. The summed E-state index contributed by atoms with van der Waals surface area (Å²) in [5.74, 6) is -1.11. The van der Waals surface area contributed by atoms with Crippen molar-refractivity contribution in [3.05, 3.63) is 0 Å². The number of aliphatic hydroxyl groups is 1. The quantitative estimate of drug-likeness (QED) is 0.621. The van der Waals surface area contributed by atoms with Crippen molar-refractivity contribution in [2.45, 2.75) is 71.2 Å². The van der Waals surface area contributed by atoms with E-state index in [9.17, 15) is 19.5 Å². The third kappa shape index (κ3) is 3.95. The maximum Gasteiger partial charge on any atom is 0.408 e. The summed E-state index contributed by atoms with van der Waals surface area (Å²) in [5.41, 5.74) is -1.93. The van der Waals surface area contributed by atoms with E-state index in [4.69, 9.17) is 9.47 Å². The van der Waals surface area contributed by atoms with E-state index in [1.807, 2.05) is 6.92 Å². The monoisotopic (exact) mass is 370 g/mol. The number of carbonyl (C=O) groups excluding carboxylic acids is 3. The predicted molar refractivity (Wildman–Crippen MR) is 93.1 cm³/mol. The molecule has 0 aromatic heterocycles. The van der Waals surface area contributed by atoms with Crippen LogP contribution in [0, 0.1) is 17.8 Å². The zero-order chi connectivity index (χ0) is 19.9. The molecule has 0 aromatic rings. The predicted octanol–water partition coefficient (Wildman–Crippen LogP) is 0.964. The Balaban J connectivity index is 2.08. The number of amides is 2. The molecule has 2 amide bonds. The van der Waals surface area contributed by atoms with E-state index in [0.717, 1.165) is 0 Å². The van der Waals surface area contributed by atoms with Crippen LogP contribution in [-0.4, -0.2) is 53.0 Å². The van der Waals surface area contributed by atoms with Gasteiger partial charge in [-0.3, -0.25) is 4.79 Å². The van der Waals surface area contributed by atoms with Crippen LogP contribution >= 0.6 is 0 Å². The summed E-state index contributed by atoms with van der Waals surface area (Å²) in [4.78, 5) is 37.1. The summed E-state index contributed by atoms with van der Waals surface area (Å²) in [6.45, 7) is 10.5. The van der Waals surface area contributed by atoms with Gasteiger partial charge in [0.05, 0.1) is 12.7 Å². The molecule has 6 atom stereocenters. The van der Waals surface area contributed by atoms with E-state index in [-0.39, 0.29) is 30.8 Å². The van der Waals surface area contributed by atoms with Gasteiger partial charge in [-0.25, -0.2) is 9.59 Å². The van der Waals surface area contributed by atoms with Crippen molar-refractivity contribution in [3.63, 3.8) is 0 Å². The average molecular weight is 370 g/mol. The number of esters is 1. The Morgan fingerprint density at radius 1 is 1.31 bits per heavy atom. The summed E-state index contributed by atoms with van der Waals surface area (Å²) >= 11 is 0. The van der Waals surface area contributed by atoms with Crippen LogP contribution < -0.4 is 10.6 Å². The third-order valence-corrected chi connectivity index (χ3v) is 5.10.